The van der Waals surface area contributed by atoms with Crippen LogP contribution in [0.2, 0.25) is 0 Å². The first-order chi connectivity index (χ1) is 21.5. The monoisotopic (exact) mass is 640 g/mol. The maximum absolute atomic E-state index is 13.9. The molecule has 1 aliphatic rings. The molecule has 252 valence electrons. The highest BCUT2D eigenvalue weighted by atomic mass is 16.6. The van der Waals surface area contributed by atoms with Crippen molar-refractivity contribution in [2.45, 2.75) is 96.5 Å². The number of hydrogen-bond donors (Lipinski definition) is 3. The fourth-order valence-electron chi connectivity index (χ4n) is 5.23. The van der Waals surface area contributed by atoms with Crippen molar-refractivity contribution in [2.24, 2.45) is 13.0 Å². The zero-order valence-corrected chi connectivity index (χ0v) is 28.1. The minimum atomic E-state index is -1.43. The molecule has 46 heavy (non-hydrogen) atoms. The van der Waals surface area contributed by atoms with Gasteiger partial charge in [-0.1, -0.05) is 44.2 Å². The van der Waals surface area contributed by atoms with Gasteiger partial charge in [-0.15, -0.1) is 0 Å². The van der Waals surface area contributed by atoms with Crippen LogP contribution in [0.5, 0.6) is 0 Å². The van der Waals surface area contributed by atoms with Crippen molar-refractivity contribution in [3.63, 3.8) is 0 Å². The highest BCUT2D eigenvalue weighted by Gasteiger charge is 2.44. The molecule has 0 unspecified atom stereocenters. The van der Waals surface area contributed by atoms with Crippen LogP contribution in [-0.2, 0) is 48.5 Å². The number of esters is 1. The summed E-state index contributed by atoms with van der Waals surface area (Å²) in [5.41, 5.74) is -0.806. The van der Waals surface area contributed by atoms with Crippen LogP contribution in [0.4, 0.5) is 4.79 Å². The zero-order chi connectivity index (χ0) is 34.2. The summed E-state index contributed by atoms with van der Waals surface area (Å²) in [4.78, 5) is 72.6. The average Bonchev–Trinajstić information content (AvgIpc) is 3.64. The average molecular weight is 641 g/mol. The Morgan fingerprint density at radius 2 is 1.67 bits per heavy atom. The van der Waals surface area contributed by atoms with Crippen molar-refractivity contribution >= 4 is 29.8 Å². The van der Waals surface area contributed by atoms with Crippen LogP contribution < -0.4 is 16.0 Å². The van der Waals surface area contributed by atoms with E-state index < -0.39 is 59.0 Å². The molecular weight excluding hydrogens is 592 g/mol. The van der Waals surface area contributed by atoms with E-state index in [0.29, 0.717) is 18.5 Å². The van der Waals surface area contributed by atoms with Crippen molar-refractivity contribution < 1.29 is 33.4 Å². The van der Waals surface area contributed by atoms with E-state index in [9.17, 15) is 24.0 Å². The molecule has 0 radical (unpaired) electrons. The van der Waals surface area contributed by atoms with Gasteiger partial charge in [0.05, 0.1) is 19.1 Å². The van der Waals surface area contributed by atoms with Crippen molar-refractivity contribution in [3.8, 4) is 0 Å². The standard InChI is InChI=1S/C33H48N6O7/c1-21(2)33(6,30(43)35-25(29(42)45-8)17-22-13-10-9-11-14-22)37-27(40)26-15-12-16-39(26)28(41)24(18-23-19-38(7)20-34-23)36-31(44)46-32(3,4)5/h9-11,13-14,19-21,24-26H,12,15-18H2,1-8H3,(H,35,43)(H,36,44)(H,37,40)/t24-,25-,26+,33-/m0/s1. The van der Waals surface area contributed by atoms with Crippen molar-refractivity contribution in [3.05, 3.63) is 54.1 Å². The van der Waals surface area contributed by atoms with Crippen molar-refractivity contribution in [1.29, 1.82) is 0 Å². The third kappa shape index (κ3) is 9.54. The van der Waals surface area contributed by atoms with Crippen LogP contribution in [0.3, 0.4) is 0 Å². The molecule has 4 amide bonds. The summed E-state index contributed by atoms with van der Waals surface area (Å²) in [7, 11) is 3.05. The third-order valence-electron chi connectivity index (χ3n) is 8.08. The fourth-order valence-corrected chi connectivity index (χ4v) is 5.23. The number of nitrogens with zero attached hydrogens (tertiary/aromatic N) is 3. The Labute approximate surface area is 270 Å². The minimum absolute atomic E-state index is 0.0895. The van der Waals surface area contributed by atoms with Crippen LogP contribution in [0.1, 0.15) is 65.6 Å². The molecule has 0 saturated carbocycles. The molecule has 3 rings (SSSR count). The number of nitrogens with one attached hydrogen (secondary N) is 3. The summed E-state index contributed by atoms with van der Waals surface area (Å²) in [5.74, 6) is -2.53. The van der Waals surface area contributed by atoms with Crippen LogP contribution in [0.15, 0.2) is 42.9 Å². The molecule has 1 aromatic heterocycles. The number of imidazole rings is 1. The summed E-state index contributed by atoms with van der Waals surface area (Å²) < 4.78 is 12.1. The first-order valence-corrected chi connectivity index (χ1v) is 15.6. The number of hydrogen-bond acceptors (Lipinski definition) is 8. The smallest absolute Gasteiger partial charge is 0.408 e. The maximum Gasteiger partial charge on any atom is 0.408 e. The van der Waals surface area contributed by atoms with E-state index in [2.05, 4.69) is 20.9 Å². The zero-order valence-electron chi connectivity index (χ0n) is 28.1. The Balaban J connectivity index is 1.80. The number of alkyl carbamates (subject to hydrolysis) is 1. The number of ether oxygens (including phenoxy) is 2. The number of aryl methyl sites for hydroxylation is 1. The molecule has 2 aromatic rings. The molecule has 0 aliphatic carbocycles. The minimum Gasteiger partial charge on any atom is -0.467 e. The van der Waals surface area contributed by atoms with E-state index in [0.717, 1.165) is 5.56 Å². The molecule has 0 spiro atoms. The van der Waals surface area contributed by atoms with Gasteiger partial charge < -0.3 is 34.9 Å². The maximum atomic E-state index is 13.9. The molecule has 13 nitrogen and oxygen atoms in total. The normalized spacial score (nSPS) is 17.4. The van der Waals surface area contributed by atoms with Gasteiger partial charge in [0.25, 0.3) is 0 Å². The van der Waals surface area contributed by atoms with Gasteiger partial charge in [-0.2, -0.15) is 0 Å². The summed E-state index contributed by atoms with van der Waals surface area (Å²) in [6, 6.07) is 6.30. The van der Waals surface area contributed by atoms with Crippen LogP contribution in [-0.4, -0.2) is 87.2 Å². The second-order valence-electron chi connectivity index (χ2n) is 13.2. The number of aromatic nitrogens is 2. The Kier molecular flexibility index (Phi) is 11.9. The van der Waals surface area contributed by atoms with E-state index in [-0.39, 0.29) is 25.3 Å². The predicted molar refractivity (Wildman–Crippen MR) is 170 cm³/mol. The van der Waals surface area contributed by atoms with Gasteiger partial charge in [-0.25, -0.2) is 14.6 Å². The van der Waals surface area contributed by atoms with E-state index >= 15 is 0 Å². The fraction of sp³-hybridized carbons (Fsp3) is 0.576. The number of rotatable bonds is 12. The quantitative estimate of drug-likeness (QED) is 0.298. The second-order valence-corrected chi connectivity index (χ2v) is 13.2. The van der Waals surface area contributed by atoms with Crippen LogP contribution in [0.25, 0.3) is 0 Å². The molecule has 0 bridgehead atoms. The number of carbonyl (C=O) groups is 5. The lowest BCUT2D eigenvalue weighted by Crippen LogP contribution is -2.65. The number of amides is 4. The van der Waals surface area contributed by atoms with Gasteiger partial charge in [-0.05, 0) is 52.0 Å². The summed E-state index contributed by atoms with van der Waals surface area (Å²) in [6.45, 7) is 10.6. The van der Waals surface area contributed by atoms with Crippen molar-refractivity contribution in [1.82, 2.24) is 30.4 Å². The van der Waals surface area contributed by atoms with Gasteiger partial charge in [0.2, 0.25) is 17.7 Å². The Hall–Kier alpha value is -4.42. The number of methoxy groups -OCH3 is 1. The van der Waals surface area contributed by atoms with E-state index in [4.69, 9.17) is 9.47 Å². The Morgan fingerprint density at radius 1 is 1.00 bits per heavy atom. The molecule has 4 atom stereocenters. The highest BCUT2D eigenvalue weighted by molar-refractivity contribution is 5.97. The summed E-state index contributed by atoms with van der Waals surface area (Å²) in [5, 5.41) is 8.33. The second kappa shape index (κ2) is 15.2. The Bertz CT molecular complexity index is 1390. The molecule has 1 aromatic carbocycles. The number of carbonyl (C=O) groups excluding carboxylic acids is 5. The van der Waals surface area contributed by atoms with Crippen LogP contribution in [0, 0.1) is 5.92 Å². The highest BCUT2D eigenvalue weighted by Crippen LogP contribution is 2.24. The lowest BCUT2D eigenvalue weighted by atomic mass is 9.86. The van der Waals surface area contributed by atoms with Gasteiger partial charge in [-0.3, -0.25) is 14.4 Å². The predicted octanol–water partition coefficient (Wildman–Crippen LogP) is 2.28. The lowest BCUT2D eigenvalue weighted by Gasteiger charge is -2.37. The molecule has 2 heterocycles. The Morgan fingerprint density at radius 3 is 2.24 bits per heavy atom. The summed E-state index contributed by atoms with van der Waals surface area (Å²) in [6.07, 6.45) is 3.80. The first kappa shape index (κ1) is 36.1. The van der Waals surface area contributed by atoms with E-state index in [1.165, 1.54) is 12.0 Å². The van der Waals surface area contributed by atoms with Gasteiger partial charge in [0.15, 0.2) is 0 Å². The van der Waals surface area contributed by atoms with Gasteiger partial charge in [0, 0.05) is 32.6 Å². The molecular formula is C33H48N6O7. The number of benzene rings is 1. The van der Waals surface area contributed by atoms with Gasteiger partial charge >= 0.3 is 12.1 Å². The molecule has 3 N–H and O–H groups in total. The largest absolute Gasteiger partial charge is 0.467 e. The lowest BCUT2D eigenvalue weighted by molar-refractivity contribution is -0.147. The third-order valence-corrected chi connectivity index (χ3v) is 8.08. The topological polar surface area (TPSA) is 161 Å². The van der Waals surface area contributed by atoms with E-state index in [1.54, 1.807) is 65.7 Å². The van der Waals surface area contributed by atoms with Crippen molar-refractivity contribution in [2.75, 3.05) is 13.7 Å². The molecule has 1 saturated heterocycles. The van der Waals surface area contributed by atoms with Gasteiger partial charge in [0.1, 0.15) is 29.3 Å². The SMILES string of the molecule is COC(=O)[C@H](Cc1ccccc1)NC(=O)[C@@](C)(NC(=O)[C@H]1CCCN1C(=O)[C@H](Cc1cn(C)cn1)NC(=O)OC(C)(C)C)C(C)C. The summed E-state index contributed by atoms with van der Waals surface area (Å²) >= 11 is 0. The van der Waals surface area contributed by atoms with Crippen LogP contribution >= 0.6 is 0 Å². The van der Waals surface area contributed by atoms with E-state index in [1.807, 2.05) is 30.3 Å². The number of likely N-dealkylation sites (tertiary alicyclic amines) is 1. The molecule has 1 fully saturated rings. The molecule has 13 heteroatoms. The first-order valence-electron chi connectivity index (χ1n) is 15.6. The molecule has 1 aliphatic heterocycles.